The smallest absolute Gasteiger partial charge is 0.278 e. The predicted octanol–water partition coefficient (Wildman–Crippen LogP) is 4.16. The minimum atomic E-state index is -0.356. The van der Waals surface area contributed by atoms with Crippen LogP contribution >= 0.6 is 0 Å². The molecular formula is C25H24N6O3. The van der Waals surface area contributed by atoms with Crippen molar-refractivity contribution in [2.24, 2.45) is 0 Å². The average molecular weight is 457 g/mol. The maximum absolute atomic E-state index is 12.7. The summed E-state index contributed by atoms with van der Waals surface area (Å²) in [6, 6.07) is 19.6. The normalized spacial score (nSPS) is 10.5. The van der Waals surface area contributed by atoms with E-state index < -0.39 is 0 Å². The molecule has 0 aliphatic rings. The van der Waals surface area contributed by atoms with E-state index in [0.29, 0.717) is 29.4 Å². The number of anilines is 1. The van der Waals surface area contributed by atoms with Crippen molar-refractivity contribution in [3.63, 3.8) is 0 Å². The number of pyridine rings is 1. The van der Waals surface area contributed by atoms with E-state index in [9.17, 15) is 9.59 Å². The van der Waals surface area contributed by atoms with Crippen LogP contribution in [0.3, 0.4) is 0 Å². The van der Waals surface area contributed by atoms with Gasteiger partial charge in [-0.25, -0.2) is 4.68 Å². The Bertz CT molecular complexity index is 1290. The Labute approximate surface area is 196 Å². The molecule has 0 spiro atoms. The Morgan fingerprint density at radius 1 is 0.971 bits per heavy atom. The fraction of sp³-hybridized carbons (Fsp3) is 0.160. The number of para-hydroxylation sites is 1. The quantitative estimate of drug-likeness (QED) is 0.412. The van der Waals surface area contributed by atoms with Crippen LogP contribution in [0.4, 0.5) is 5.69 Å². The third kappa shape index (κ3) is 5.26. The summed E-state index contributed by atoms with van der Waals surface area (Å²) in [5, 5.41) is 13.7. The van der Waals surface area contributed by atoms with Gasteiger partial charge in [0.1, 0.15) is 17.2 Å². The van der Waals surface area contributed by atoms with E-state index in [1.807, 2.05) is 37.3 Å². The lowest BCUT2D eigenvalue weighted by Gasteiger charge is -2.09. The van der Waals surface area contributed by atoms with Gasteiger partial charge in [-0.1, -0.05) is 30.3 Å². The molecule has 0 unspecified atom stereocenters. The molecule has 0 aliphatic carbocycles. The van der Waals surface area contributed by atoms with Crippen LogP contribution < -0.4 is 15.4 Å². The zero-order valence-corrected chi connectivity index (χ0v) is 18.9. The average Bonchev–Trinajstić information content (AvgIpc) is 3.26. The summed E-state index contributed by atoms with van der Waals surface area (Å²) >= 11 is 0. The van der Waals surface area contributed by atoms with Crippen molar-refractivity contribution in [2.75, 3.05) is 11.9 Å². The summed E-state index contributed by atoms with van der Waals surface area (Å²) in [5.74, 6) is 0.437. The van der Waals surface area contributed by atoms with Crippen LogP contribution in [0, 0.1) is 6.92 Å². The lowest BCUT2D eigenvalue weighted by atomic mass is 10.2. The Morgan fingerprint density at radius 3 is 2.47 bits per heavy atom. The van der Waals surface area contributed by atoms with Crippen molar-refractivity contribution in [2.45, 2.75) is 20.3 Å². The van der Waals surface area contributed by atoms with Crippen LogP contribution in [0.2, 0.25) is 0 Å². The van der Waals surface area contributed by atoms with Gasteiger partial charge in [0.25, 0.3) is 11.8 Å². The van der Waals surface area contributed by atoms with Crippen molar-refractivity contribution in [1.29, 1.82) is 0 Å². The van der Waals surface area contributed by atoms with Crippen LogP contribution in [0.15, 0.2) is 72.9 Å². The number of carbonyl (C=O) groups excluding carboxylic acids is 2. The molecule has 2 amide bonds. The highest BCUT2D eigenvalue weighted by Gasteiger charge is 2.17. The van der Waals surface area contributed by atoms with Gasteiger partial charge in [0.2, 0.25) is 0 Å². The number of aromatic nitrogens is 4. The summed E-state index contributed by atoms with van der Waals surface area (Å²) in [7, 11) is 0. The van der Waals surface area contributed by atoms with Gasteiger partial charge in [-0.15, -0.1) is 5.10 Å². The first kappa shape index (κ1) is 22.7. The van der Waals surface area contributed by atoms with E-state index in [-0.39, 0.29) is 23.2 Å². The van der Waals surface area contributed by atoms with Crippen molar-refractivity contribution >= 4 is 17.5 Å². The number of nitrogens with zero attached hydrogens (tertiary/aromatic N) is 4. The lowest BCUT2D eigenvalue weighted by molar-refractivity contribution is 0.0947. The van der Waals surface area contributed by atoms with E-state index in [1.165, 1.54) is 6.20 Å². The Balaban J connectivity index is 1.41. The van der Waals surface area contributed by atoms with Crippen LogP contribution in [0.25, 0.3) is 5.69 Å². The Kier molecular flexibility index (Phi) is 6.92. The minimum absolute atomic E-state index is 0.245. The topological polar surface area (TPSA) is 111 Å². The highest BCUT2D eigenvalue weighted by Crippen LogP contribution is 2.24. The van der Waals surface area contributed by atoms with Gasteiger partial charge in [-0.05, 0) is 55.8 Å². The maximum atomic E-state index is 12.7. The zero-order chi connectivity index (χ0) is 23.9. The van der Waals surface area contributed by atoms with E-state index >= 15 is 0 Å². The van der Waals surface area contributed by atoms with Crippen LogP contribution in [-0.2, 0) is 0 Å². The van der Waals surface area contributed by atoms with Crippen molar-refractivity contribution in [3.05, 3.63) is 90.0 Å². The standard InChI is InChI=1S/C25H24N6O3/c1-3-14-27-24(32)22-16-21(13-15-26-22)34-20-11-9-18(10-12-20)28-25(33)23-17(2)31(30-29-23)19-7-5-4-6-8-19/h4-13,15-16H,3,14H2,1-2H3,(H,27,32)(H,28,33). The second kappa shape index (κ2) is 10.4. The second-order valence-corrected chi connectivity index (χ2v) is 7.48. The molecule has 4 rings (SSSR count). The first-order valence-electron chi connectivity index (χ1n) is 10.9. The number of ether oxygens (including phenoxy) is 1. The largest absolute Gasteiger partial charge is 0.457 e. The first-order chi connectivity index (χ1) is 16.5. The number of amides is 2. The molecule has 9 nitrogen and oxygen atoms in total. The second-order valence-electron chi connectivity index (χ2n) is 7.48. The fourth-order valence-electron chi connectivity index (χ4n) is 3.21. The summed E-state index contributed by atoms with van der Waals surface area (Å²) in [6.45, 7) is 4.36. The first-order valence-corrected chi connectivity index (χ1v) is 10.9. The van der Waals surface area contributed by atoms with Gasteiger partial charge >= 0.3 is 0 Å². The molecule has 0 radical (unpaired) electrons. The third-order valence-electron chi connectivity index (χ3n) is 4.96. The monoisotopic (exact) mass is 456 g/mol. The molecule has 2 N–H and O–H groups in total. The number of carbonyl (C=O) groups is 2. The van der Waals surface area contributed by atoms with E-state index in [1.54, 1.807) is 48.0 Å². The lowest BCUT2D eigenvalue weighted by Crippen LogP contribution is -2.24. The van der Waals surface area contributed by atoms with E-state index in [4.69, 9.17) is 4.74 Å². The molecule has 0 bridgehead atoms. The van der Waals surface area contributed by atoms with Crippen LogP contribution in [0.5, 0.6) is 11.5 Å². The van der Waals surface area contributed by atoms with Gasteiger partial charge in [0, 0.05) is 24.5 Å². The number of nitrogens with one attached hydrogen (secondary N) is 2. The molecule has 0 saturated carbocycles. The summed E-state index contributed by atoms with van der Waals surface area (Å²) in [5.41, 5.74) is 2.58. The molecule has 0 saturated heterocycles. The molecule has 172 valence electrons. The molecule has 2 heterocycles. The fourth-order valence-corrected chi connectivity index (χ4v) is 3.21. The van der Waals surface area contributed by atoms with Crippen LogP contribution in [-0.4, -0.2) is 38.3 Å². The molecule has 9 heteroatoms. The summed E-state index contributed by atoms with van der Waals surface area (Å²) in [6.07, 6.45) is 2.37. The highest BCUT2D eigenvalue weighted by atomic mass is 16.5. The molecule has 2 aromatic heterocycles. The predicted molar refractivity (Wildman–Crippen MR) is 127 cm³/mol. The highest BCUT2D eigenvalue weighted by molar-refractivity contribution is 6.03. The molecule has 2 aromatic carbocycles. The number of hydrogen-bond donors (Lipinski definition) is 2. The summed E-state index contributed by atoms with van der Waals surface area (Å²) < 4.78 is 7.45. The number of rotatable bonds is 8. The van der Waals surface area contributed by atoms with Gasteiger partial charge in [0.05, 0.1) is 11.4 Å². The van der Waals surface area contributed by atoms with Crippen molar-refractivity contribution < 1.29 is 14.3 Å². The van der Waals surface area contributed by atoms with Gasteiger partial charge in [0.15, 0.2) is 5.69 Å². The molecule has 0 fully saturated rings. The van der Waals surface area contributed by atoms with Crippen molar-refractivity contribution in [3.8, 4) is 17.2 Å². The van der Waals surface area contributed by atoms with Gasteiger partial charge in [-0.2, -0.15) is 0 Å². The Hall–Kier alpha value is -4.53. The van der Waals surface area contributed by atoms with Gasteiger partial charge in [-0.3, -0.25) is 14.6 Å². The van der Waals surface area contributed by atoms with E-state index in [0.717, 1.165) is 12.1 Å². The minimum Gasteiger partial charge on any atom is -0.457 e. The SMILES string of the molecule is CCCNC(=O)c1cc(Oc2ccc(NC(=O)c3nnn(-c4ccccc4)c3C)cc2)ccn1. The number of hydrogen-bond acceptors (Lipinski definition) is 6. The summed E-state index contributed by atoms with van der Waals surface area (Å²) in [4.78, 5) is 28.9. The molecule has 0 atom stereocenters. The maximum Gasteiger partial charge on any atom is 0.278 e. The van der Waals surface area contributed by atoms with Gasteiger partial charge < -0.3 is 15.4 Å². The van der Waals surface area contributed by atoms with Crippen LogP contribution in [0.1, 0.15) is 40.0 Å². The van der Waals surface area contributed by atoms with Crippen molar-refractivity contribution in [1.82, 2.24) is 25.3 Å². The molecule has 4 aromatic rings. The van der Waals surface area contributed by atoms with E-state index in [2.05, 4.69) is 25.9 Å². The molecular weight excluding hydrogens is 432 g/mol. The number of benzene rings is 2. The molecule has 0 aliphatic heterocycles. The zero-order valence-electron chi connectivity index (χ0n) is 18.9. The third-order valence-corrected chi connectivity index (χ3v) is 4.96. The Morgan fingerprint density at radius 2 is 1.74 bits per heavy atom. The molecule has 34 heavy (non-hydrogen) atoms.